The van der Waals surface area contributed by atoms with Gasteiger partial charge in [0.15, 0.2) is 0 Å². The zero-order valence-corrected chi connectivity index (χ0v) is 6.25. The Hall–Kier alpha value is -0.983. The molecule has 0 aliphatic rings. The van der Waals surface area contributed by atoms with E-state index in [2.05, 4.69) is 9.97 Å². The van der Waals surface area contributed by atoms with Crippen LogP contribution in [0.15, 0.2) is 37.4 Å². The Kier molecular flexibility index (Phi) is 2.52. The summed E-state index contributed by atoms with van der Waals surface area (Å²) in [6.45, 7) is 0. The molecule has 2 rings (SSSR count). The molecule has 2 aromatic heterocycles. The summed E-state index contributed by atoms with van der Waals surface area (Å²) < 4.78 is 3.65. The van der Waals surface area contributed by atoms with E-state index in [1.807, 2.05) is 21.7 Å². The van der Waals surface area contributed by atoms with E-state index in [-0.39, 0.29) is 20.3 Å². The maximum atomic E-state index is 3.89. The van der Waals surface area contributed by atoms with E-state index < -0.39 is 0 Å². The molecule has 2 aromatic rings. The van der Waals surface area contributed by atoms with Crippen LogP contribution in [-0.4, -0.2) is 19.3 Å². The van der Waals surface area contributed by atoms with Gasteiger partial charge in [0.2, 0.25) is 0 Å². The summed E-state index contributed by atoms with van der Waals surface area (Å²) in [5.41, 5.74) is 0. The van der Waals surface area contributed by atoms with Gasteiger partial charge < -0.3 is 1.43 Å². The van der Waals surface area contributed by atoms with Crippen molar-refractivity contribution in [3.05, 3.63) is 37.4 Å². The van der Waals surface area contributed by atoms with Gasteiger partial charge >= 0.3 is 18.9 Å². The predicted molar refractivity (Wildman–Crippen MR) is 36.4 cm³/mol. The first kappa shape index (κ1) is 8.12. The van der Waals surface area contributed by atoms with Crippen molar-refractivity contribution < 1.29 is 20.3 Å². The van der Waals surface area contributed by atoms with Gasteiger partial charge in [-0.15, -0.1) is 0 Å². The van der Waals surface area contributed by atoms with Gasteiger partial charge in [0.1, 0.15) is 12.7 Å². The second-order valence-corrected chi connectivity index (χ2v) is 1.89. The van der Waals surface area contributed by atoms with Gasteiger partial charge in [0, 0.05) is 24.8 Å². The molecule has 0 aromatic carbocycles. The Morgan fingerprint density at radius 3 is 1.64 bits per heavy atom. The summed E-state index contributed by atoms with van der Waals surface area (Å²) in [5.74, 6) is 0. The van der Waals surface area contributed by atoms with Crippen LogP contribution in [0.4, 0.5) is 0 Å². The molecular weight excluding hydrogens is 135 g/mol. The smallest absolute Gasteiger partial charge is 1.00 e. The molecule has 5 heteroatoms. The van der Waals surface area contributed by atoms with E-state index in [0.29, 0.717) is 0 Å². The van der Waals surface area contributed by atoms with E-state index in [1.165, 1.54) is 0 Å². The molecule has 0 amide bonds. The normalized spacial score (nSPS) is 9.09. The zero-order valence-electron chi connectivity index (χ0n) is 7.25. The van der Waals surface area contributed by atoms with E-state index in [9.17, 15) is 0 Å². The average molecular weight is 142 g/mol. The molecule has 0 radical (unpaired) electrons. The zero-order chi connectivity index (χ0) is 6.81. The second kappa shape index (κ2) is 3.42. The van der Waals surface area contributed by atoms with Crippen LogP contribution in [0.5, 0.6) is 0 Å². The molecule has 0 aliphatic carbocycles. The van der Waals surface area contributed by atoms with Crippen LogP contribution in [0, 0.1) is 0 Å². The molecule has 0 aliphatic heterocycles. The quantitative estimate of drug-likeness (QED) is 0.413. The minimum Gasteiger partial charge on any atom is -1.00 e. The molecule has 0 N–H and O–H groups in total. The monoisotopic (exact) mass is 142 g/mol. The average Bonchev–Trinajstić information content (AvgIpc) is 2.59. The number of aromatic nitrogens is 4. The van der Waals surface area contributed by atoms with Gasteiger partial charge in [0.05, 0.1) is 0 Å². The number of imidazole rings is 2. The SMILES string of the molecule is [H-].[Li+].c1cn(-n2ccnc2)cn1. The van der Waals surface area contributed by atoms with Crippen molar-refractivity contribution in [2.75, 3.05) is 0 Å². The summed E-state index contributed by atoms with van der Waals surface area (Å²) in [4.78, 5) is 7.78. The summed E-state index contributed by atoms with van der Waals surface area (Å²) in [6.07, 6.45) is 10.6. The van der Waals surface area contributed by atoms with E-state index >= 15 is 0 Å². The fourth-order valence-electron chi connectivity index (χ4n) is 0.777. The minimum atomic E-state index is 0. The standard InChI is InChI=1S/C6H6N4.Li.H/c1-3-9(5-7-1)10-4-2-8-6-10;;/h1-6H;;/q;+1;-1. The van der Waals surface area contributed by atoms with Crippen LogP contribution in [0.2, 0.25) is 0 Å². The molecular formula is C6H7LiN4. The van der Waals surface area contributed by atoms with Crippen LogP contribution in [-0.2, 0) is 0 Å². The molecule has 0 saturated carbocycles. The number of hydrogen-bond acceptors (Lipinski definition) is 2. The molecule has 11 heavy (non-hydrogen) atoms. The third kappa shape index (κ3) is 1.53. The predicted octanol–water partition coefficient (Wildman–Crippen LogP) is -2.49. The van der Waals surface area contributed by atoms with Crippen molar-refractivity contribution >= 4 is 0 Å². The van der Waals surface area contributed by atoms with Gasteiger partial charge in [0.25, 0.3) is 0 Å². The van der Waals surface area contributed by atoms with Crippen LogP contribution < -0.4 is 18.9 Å². The van der Waals surface area contributed by atoms with Crippen molar-refractivity contribution in [2.45, 2.75) is 0 Å². The van der Waals surface area contributed by atoms with Crippen LogP contribution in [0.25, 0.3) is 0 Å². The van der Waals surface area contributed by atoms with Gasteiger partial charge in [-0.25, -0.2) is 19.3 Å². The Balaban J connectivity index is 0.000000605. The minimum absolute atomic E-state index is 0. The summed E-state index contributed by atoms with van der Waals surface area (Å²) in [5, 5.41) is 0. The fourth-order valence-corrected chi connectivity index (χ4v) is 0.777. The third-order valence-corrected chi connectivity index (χ3v) is 1.25. The first-order valence-electron chi connectivity index (χ1n) is 2.93. The third-order valence-electron chi connectivity index (χ3n) is 1.25. The Bertz CT molecular complexity index is 259. The molecule has 0 spiro atoms. The molecule has 4 nitrogen and oxygen atoms in total. The van der Waals surface area contributed by atoms with E-state index in [1.54, 1.807) is 25.0 Å². The van der Waals surface area contributed by atoms with Gasteiger partial charge in [-0.05, 0) is 0 Å². The molecule has 0 fully saturated rings. The van der Waals surface area contributed by atoms with Gasteiger partial charge in [-0.2, -0.15) is 0 Å². The number of rotatable bonds is 1. The first-order valence-corrected chi connectivity index (χ1v) is 2.93. The Labute approximate surface area is 77.5 Å². The molecule has 0 atom stereocenters. The largest absolute Gasteiger partial charge is 1.00 e. The second-order valence-electron chi connectivity index (χ2n) is 1.89. The topological polar surface area (TPSA) is 35.6 Å². The molecule has 2 heterocycles. The van der Waals surface area contributed by atoms with Crippen molar-refractivity contribution in [1.82, 2.24) is 19.3 Å². The van der Waals surface area contributed by atoms with Crippen molar-refractivity contribution in [3.63, 3.8) is 0 Å². The number of nitrogens with zero attached hydrogens (tertiary/aromatic N) is 4. The Morgan fingerprint density at radius 2 is 1.36 bits per heavy atom. The molecule has 52 valence electrons. The fraction of sp³-hybridized carbons (Fsp3) is 0. The summed E-state index contributed by atoms with van der Waals surface area (Å²) in [7, 11) is 0. The van der Waals surface area contributed by atoms with Gasteiger partial charge in [-0.1, -0.05) is 0 Å². The van der Waals surface area contributed by atoms with Crippen LogP contribution in [0.3, 0.4) is 0 Å². The van der Waals surface area contributed by atoms with Gasteiger partial charge in [-0.3, -0.25) is 0 Å². The van der Waals surface area contributed by atoms with Crippen molar-refractivity contribution in [1.29, 1.82) is 0 Å². The Morgan fingerprint density at radius 1 is 0.909 bits per heavy atom. The van der Waals surface area contributed by atoms with Crippen molar-refractivity contribution in [3.8, 4) is 0 Å². The maximum Gasteiger partial charge on any atom is 1.00 e. The molecule has 0 bridgehead atoms. The maximum absolute atomic E-state index is 3.89. The number of hydrogen-bond donors (Lipinski definition) is 0. The van der Waals surface area contributed by atoms with Crippen molar-refractivity contribution in [2.24, 2.45) is 0 Å². The first-order chi connectivity index (χ1) is 4.97. The molecule has 0 saturated heterocycles. The molecule has 0 unspecified atom stereocenters. The summed E-state index contributed by atoms with van der Waals surface area (Å²) >= 11 is 0. The summed E-state index contributed by atoms with van der Waals surface area (Å²) in [6, 6.07) is 0. The van der Waals surface area contributed by atoms with Crippen LogP contribution >= 0.6 is 0 Å². The van der Waals surface area contributed by atoms with Crippen LogP contribution in [0.1, 0.15) is 1.43 Å². The van der Waals surface area contributed by atoms with E-state index in [4.69, 9.17) is 0 Å². The van der Waals surface area contributed by atoms with E-state index in [0.717, 1.165) is 0 Å².